The molecule has 0 aliphatic heterocycles. The van der Waals surface area contributed by atoms with E-state index < -0.39 is 0 Å². The first-order valence-electron chi connectivity index (χ1n) is 5.55. The Hall–Kier alpha value is -1.94. The molecule has 2 aromatic heterocycles. The van der Waals surface area contributed by atoms with Crippen LogP contribution in [0.4, 0.5) is 0 Å². The molecule has 88 valence electrons. The molecule has 2 heterocycles. The van der Waals surface area contributed by atoms with Crippen molar-refractivity contribution >= 4 is 0 Å². The number of rotatable bonds is 4. The molecule has 1 atom stereocenters. The van der Waals surface area contributed by atoms with Crippen LogP contribution in [-0.2, 0) is 0 Å². The molecule has 4 nitrogen and oxygen atoms in total. The van der Waals surface area contributed by atoms with Crippen molar-refractivity contribution in [3.05, 3.63) is 54.1 Å². The molecule has 0 amide bonds. The lowest BCUT2D eigenvalue weighted by Crippen LogP contribution is -2.13. The SMILES string of the molecule is CCOc1cncc(C(N)c2ccccn2)c1. The molecule has 2 aromatic rings. The highest BCUT2D eigenvalue weighted by Gasteiger charge is 2.10. The zero-order valence-corrected chi connectivity index (χ0v) is 9.71. The van der Waals surface area contributed by atoms with Crippen LogP contribution in [0.25, 0.3) is 0 Å². The largest absolute Gasteiger partial charge is 0.492 e. The van der Waals surface area contributed by atoms with Gasteiger partial charge in [-0.05, 0) is 30.7 Å². The zero-order valence-electron chi connectivity index (χ0n) is 9.71. The maximum Gasteiger partial charge on any atom is 0.137 e. The van der Waals surface area contributed by atoms with Crippen molar-refractivity contribution in [2.45, 2.75) is 13.0 Å². The second-order valence-electron chi connectivity index (χ2n) is 3.62. The first-order valence-corrected chi connectivity index (χ1v) is 5.55. The minimum Gasteiger partial charge on any atom is -0.492 e. The Morgan fingerprint density at radius 1 is 1.35 bits per heavy atom. The molecule has 0 aliphatic carbocycles. The van der Waals surface area contributed by atoms with Crippen LogP contribution in [0.3, 0.4) is 0 Å². The topological polar surface area (TPSA) is 61.0 Å². The van der Waals surface area contributed by atoms with Gasteiger partial charge in [-0.3, -0.25) is 9.97 Å². The molecule has 4 heteroatoms. The highest BCUT2D eigenvalue weighted by Crippen LogP contribution is 2.20. The number of hydrogen-bond donors (Lipinski definition) is 1. The van der Waals surface area contributed by atoms with E-state index in [9.17, 15) is 0 Å². The monoisotopic (exact) mass is 229 g/mol. The molecule has 2 N–H and O–H groups in total. The van der Waals surface area contributed by atoms with E-state index in [1.807, 2.05) is 31.2 Å². The summed E-state index contributed by atoms with van der Waals surface area (Å²) >= 11 is 0. The third-order valence-corrected chi connectivity index (χ3v) is 2.41. The minimum atomic E-state index is -0.274. The van der Waals surface area contributed by atoms with Gasteiger partial charge in [-0.15, -0.1) is 0 Å². The molecule has 2 rings (SSSR count). The quantitative estimate of drug-likeness (QED) is 0.870. The maximum absolute atomic E-state index is 6.12. The van der Waals surface area contributed by atoms with Gasteiger partial charge in [-0.1, -0.05) is 6.07 Å². The van der Waals surface area contributed by atoms with E-state index in [-0.39, 0.29) is 6.04 Å². The van der Waals surface area contributed by atoms with E-state index in [4.69, 9.17) is 10.5 Å². The van der Waals surface area contributed by atoms with Gasteiger partial charge in [-0.25, -0.2) is 0 Å². The fourth-order valence-corrected chi connectivity index (χ4v) is 1.58. The molecule has 17 heavy (non-hydrogen) atoms. The second-order valence-corrected chi connectivity index (χ2v) is 3.62. The van der Waals surface area contributed by atoms with E-state index in [1.165, 1.54) is 0 Å². The Kier molecular flexibility index (Phi) is 3.67. The summed E-state index contributed by atoms with van der Waals surface area (Å²) < 4.78 is 5.39. The molecular formula is C13H15N3O. The van der Waals surface area contributed by atoms with Gasteiger partial charge in [0.25, 0.3) is 0 Å². The van der Waals surface area contributed by atoms with E-state index in [2.05, 4.69) is 9.97 Å². The lowest BCUT2D eigenvalue weighted by atomic mass is 10.1. The third-order valence-electron chi connectivity index (χ3n) is 2.41. The molecule has 0 aliphatic rings. The van der Waals surface area contributed by atoms with Crippen molar-refractivity contribution in [1.82, 2.24) is 9.97 Å². The average molecular weight is 229 g/mol. The average Bonchev–Trinajstić information content (AvgIpc) is 2.40. The van der Waals surface area contributed by atoms with Crippen LogP contribution in [0.5, 0.6) is 5.75 Å². The summed E-state index contributed by atoms with van der Waals surface area (Å²) in [6.07, 6.45) is 5.15. The number of nitrogens with two attached hydrogens (primary N) is 1. The zero-order chi connectivity index (χ0) is 12.1. The Balaban J connectivity index is 2.25. The van der Waals surface area contributed by atoms with Crippen LogP contribution in [-0.4, -0.2) is 16.6 Å². The lowest BCUT2D eigenvalue weighted by Gasteiger charge is -2.12. The standard InChI is InChI=1S/C13H15N3O/c1-2-17-11-7-10(8-15-9-11)13(14)12-5-3-4-6-16-12/h3-9,13H,2,14H2,1H3. The Morgan fingerprint density at radius 2 is 2.24 bits per heavy atom. The van der Waals surface area contributed by atoms with Crippen LogP contribution in [0.15, 0.2) is 42.9 Å². The first kappa shape index (κ1) is 11.5. The van der Waals surface area contributed by atoms with Crippen LogP contribution < -0.4 is 10.5 Å². The van der Waals surface area contributed by atoms with Crippen LogP contribution in [0.2, 0.25) is 0 Å². The Morgan fingerprint density at radius 3 is 2.94 bits per heavy atom. The van der Waals surface area contributed by atoms with Gasteiger partial charge >= 0.3 is 0 Å². The molecule has 0 radical (unpaired) electrons. The van der Waals surface area contributed by atoms with Gasteiger partial charge < -0.3 is 10.5 Å². The Bertz CT molecular complexity index is 473. The second kappa shape index (κ2) is 5.41. The summed E-state index contributed by atoms with van der Waals surface area (Å²) in [7, 11) is 0. The fourth-order valence-electron chi connectivity index (χ4n) is 1.58. The van der Waals surface area contributed by atoms with Gasteiger partial charge in [0, 0.05) is 12.4 Å². The molecule has 0 spiro atoms. The molecule has 1 unspecified atom stereocenters. The predicted molar refractivity (Wildman–Crippen MR) is 65.7 cm³/mol. The van der Waals surface area contributed by atoms with E-state index in [0.717, 1.165) is 17.0 Å². The molecule has 0 saturated carbocycles. The third kappa shape index (κ3) is 2.79. The smallest absolute Gasteiger partial charge is 0.137 e. The summed E-state index contributed by atoms with van der Waals surface area (Å²) in [5, 5.41) is 0. The number of ether oxygens (including phenoxy) is 1. The number of pyridine rings is 2. The van der Waals surface area contributed by atoms with Gasteiger partial charge in [-0.2, -0.15) is 0 Å². The van der Waals surface area contributed by atoms with E-state index in [0.29, 0.717) is 6.61 Å². The summed E-state index contributed by atoms with van der Waals surface area (Å²) in [6, 6.07) is 7.31. The molecular weight excluding hydrogens is 214 g/mol. The van der Waals surface area contributed by atoms with Crippen molar-refractivity contribution in [3.63, 3.8) is 0 Å². The van der Waals surface area contributed by atoms with Crippen LogP contribution in [0.1, 0.15) is 24.2 Å². The van der Waals surface area contributed by atoms with Gasteiger partial charge in [0.1, 0.15) is 5.75 Å². The van der Waals surface area contributed by atoms with Gasteiger partial charge in [0.15, 0.2) is 0 Å². The molecule has 0 saturated heterocycles. The Labute approximate surface area is 100 Å². The molecule has 0 bridgehead atoms. The number of hydrogen-bond acceptors (Lipinski definition) is 4. The maximum atomic E-state index is 6.12. The molecule has 0 fully saturated rings. The predicted octanol–water partition coefficient (Wildman–Crippen LogP) is 1.92. The summed E-state index contributed by atoms with van der Waals surface area (Å²) in [4.78, 5) is 8.35. The van der Waals surface area contributed by atoms with Gasteiger partial charge in [0.05, 0.1) is 24.5 Å². The highest BCUT2D eigenvalue weighted by atomic mass is 16.5. The fraction of sp³-hybridized carbons (Fsp3) is 0.231. The lowest BCUT2D eigenvalue weighted by molar-refractivity contribution is 0.338. The van der Waals surface area contributed by atoms with Crippen LogP contribution in [0, 0.1) is 0 Å². The minimum absolute atomic E-state index is 0.274. The number of aromatic nitrogens is 2. The summed E-state index contributed by atoms with van der Waals surface area (Å²) in [5.74, 6) is 0.733. The highest BCUT2D eigenvalue weighted by molar-refractivity contribution is 5.30. The summed E-state index contributed by atoms with van der Waals surface area (Å²) in [6.45, 7) is 2.55. The van der Waals surface area contributed by atoms with Crippen molar-refractivity contribution < 1.29 is 4.74 Å². The number of nitrogens with zero attached hydrogens (tertiary/aromatic N) is 2. The summed E-state index contributed by atoms with van der Waals surface area (Å²) in [5.41, 5.74) is 7.84. The van der Waals surface area contributed by atoms with Crippen LogP contribution >= 0.6 is 0 Å². The van der Waals surface area contributed by atoms with E-state index >= 15 is 0 Å². The molecule has 0 aromatic carbocycles. The normalized spacial score (nSPS) is 12.1. The van der Waals surface area contributed by atoms with Crippen molar-refractivity contribution in [1.29, 1.82) is 0 Å². The van der Waals surface area contributed by atoms with Crippen molar-refractivity contribution in [2.75, 3.05) is 6.61 Å². The van der Waals surface area contributed by atoms with E-state index in [1.54, 1.807) is 18.6 Å². The van der Waals surface area contributed by atoms with Crippen molar-refractivity contribution in [3.8, 4) is 5.75 Å². The first-order chi connectivity index (χ1) is 8.31. The van der Waals surface area contributed by atoms with Crippen molar-refractivity contribution in [2.24, 2.45) is 5.73 Å². The van der Waals surface area contributed by atoms with Gasteiger partial charge in [0.2, 0.25) is 0 Å².